The standard InChI is InChI=1S/C8H10N2O2/c1-10-4-6(8(11)12)7(9-10)5-2-3-5/h4-5H,2-3H2,1H3,(H,11,12). The van der Waals surface area contributed by atoms with E-state index in [-0.39, 0.29) is 0 Å². The highest BCUT2D eigenvalue weighted by Gasteiger charge is 2.30. The number of carboxylic acids is 1. The first-order chi connectivity index (χ1) is 5.68. The van der Waals surface area contributed by atoms with Crippen LogP contribution in [0.25, 0.3) is 0 Å². The fourth-order valence-electron chi connectivity index (χ4n) is 1.33. The lowest BCUT2D eigenvalue weighted by Crippen LogP contribution is -1.98. The quantitative estimate of drug-likeness (QED) is 0.712. The average molecular weight is 166 g/mol. The average Bonchev–Trinajstić information content (AvgIpc) is 2.75. The van der Waals surface area contributed by atoms with Crippen LogP contribution in [0.3, 0.4) is 0 Å². The van der Waals surface area contributed by atoms with Crippen LogP contribution in [0.5, 0.6) is 0 Å². The second kappa shape index (κ2) is 2.33. The summed E-state index contributed by atoms with van der Waals surface area (Å²) in [5.41, 5.74) is 1.12. The highest BCUT2D eigenvalue weighted by molar-refractivity contribution is 5.88. The van der Waals surface area contributed by atoms with Crippen molar-refractivity contribution in [2.75, 3.05) is 0 Å². The molecule has 0 aromatic carbocycles. The number of aromatic carboxylic acids is 1. The van der Waals surface area contributed by atoms with Crippen molar-refractivity contribution in [3.63, 3.8) is 0 Å². The van der Waals surface area contributed by atoms with Gasteiger partial charge in [0, 0.05) is 19.2 Å². The Morgan fingerprint density at radius 2 is 2.42 bits per heavy atom. The van der Waals surface area contributed by atoms with Gasteiger partial charge in [-0.15, -0.1) is 0 Å². The summed E-state index contributed by atoms with van der Waals surface area (Å²) in [5.74, 6) is -0.470. The number of carboxylic acid groups (broad SMARTS) is 1. The first-order valence-corrected chi connectivity index (χ1v) is 3.95. The molecule has 1 aromatic heterocycles. The molecule has 4 nitrogen and oxygen atoms in total. The van der Waals surface area contributed by atoms with Gasteiger partial charge in [0.25, 0.3) is 0 Å². The van der Waals surface area contributed by atoms with Gasteiger partial charge >= 0.3 is 5.97 Å². The number of rotatable bonds is 2. The molecule has 0 amide bonds. The fraction of sp³-hybridized carbons (Fsp3) is 0.500. The van der Waals surface area contributed by atoms with Crippen LogP contribution in [-0.4, -0.2) is 20.9 Å². The summed E-state index contributed by atoms with van der Waals surface area (Å²) in [4.78, 5) is 10.7. The second-order valence-corrected chi connectivity index (χ2v) is 3.18. The SMILES string of the molecule is Cn1cc(C(=O)O)c(C2CC2)n1. The number of aryl methyl sites for hydroxylation is 1. The van der Waals surface area contributed by atoms with Gasteiger partial charge in [-0.3, -0.25) is 4.68 Å². The van der Waals surface area contributed by atoms with Crippen LogP contribution >= 0.6 is 0 Å². The third-order valence-electron chi connectivity index (χ3n) is 2.05. The molecular weight excluding hydrogens is 156 g/mol. The molecule has 1 aliphatic carbocycles. The van der Waals surface area contributed by atoms with Crippen LogP contribution in [0.2, 0.25) is 0 Å². The predicted octanol–water partition coefficient (Wildman–Crippen LogP) is 0.996. The van der Waals surface area contributed by atoms with Crippen molar-refractivity contribution in [3.05, 3.63) is 17.5 Å². The van der Waals surface area contributed by atoms with Crippen molar-refractivity contribution in [1.29, 1.82) is 0 Å². The highest BCUT2D eigenvalue weighted by Crippen LogP contribution is 2.40. The topological polar surface area (TPSA) is 55.1 Å². The van der Waals surface area contributed by atoms with Crippen LogP contribution in [0.1, 0.15) is 34.8 Å². The third kappa shape index (κ3) is 1.09. The molecule has 0 radical (unpaired) electrons. The Morgan fingerprint density at radius 1 is 1.75 bits per heavy atom. The smallest absolute Gasteiger partial charge is 0.339 e. The first kappa shape index (κ1) is 7.34. The van der Waals surface area contributed by atoms with Gasteiger partial charge in [-0.05, 0) is 12.8 Å². The molecule has 0 unspecified atom stereocenters. The van der Waals surface area contributed by atoms with E-state index in [0.29, 0.717) is 11.5 Å². The first-order valence-electron chi connectivity index (χ1n) is 3.95. The molecule has 0 spiro atoms. The highest BCUT2D eigenvalue weighted by atomic mass is 16.4. The second-order valence-electron chi connectivity index (χ2n) is 3.18. The zero-order valence-electron chi connectivity index (χ0n) is 6.82. The Kier molecular flexibility index (Phi) is 1.43. The molecule has 1 fully saturated rings. The fourth-order valence-corrected chi connectivity index (χ4v) is 1.33. The van der Waals surface area contributed by atoms with Crippen molar-refractivity contribution in [2.45, 2.75) is 18.8 Å². The summed E-state index contributed by atoms with van der Waals surface area (Å²) in [5, 5.41) is 12.9. The normalized spacial score (nSPS) is 16.4. The van der Waals surface area contributed by atoms with E-state index in [1.807, 2.05) is 0 Å². The van der Waals surface area contributed by atoms with Gasteiger partial charge in [-0.1, -0.05) is 0 Å². The lowest BCUT2D eigenvalue weighted by Gasteiger charge is -1.91. The van der Waals surface area contributed by atoms with E-state index in [1.54, 1.807) is 17.9 Å². The van der Waals surface area contributed by atoms with Crippen LogP contribution in [-0.2, 0) is 7.05 Å². The van der Waals surface area contributed by atoms with Gasteiger partial charge in [0.15, 0.2) is 0 Å². The van der Waals surface area contributed by atoms with Crippen LogP contribution in [0.4, 0.5) is 0 Å². The Morgan fingerprint density at radius 3 is 2.92 bits per heavy atom. The molecule has 64 valence electrons. The van der Waals surface area contributed by atoms with Crippen LogP contribution < -0.4 is 0 Å². The van der Waals surface area contributed by atoms with E-state index in [1.165, 1.54) is 0 Å². The van der Waals surface area contributed by atoms with Gasteiger partial charge in [0.2, 0.25) is 0 Å². The summed E-state index contributed by atoms with van der Waals surface area (Å²) in [6.07, 6.45) is 3.73. The maximum Gasteiger partial charge on any atom is 0.339 e. The van der Waals surface area contributed by atoms with Gasteiger partial charge < -0.3 is 5.11 Å². The molecule has 1 aromatic rings. The molecule has 1 heterocycles. The molecule has 0 bridgehead atoms. The summed E-state index contributed by atoms with van der Waals surface area (Å²) < 4.78 is 1.57. The number of hydrogen-bond acceptors (Lipinski definition) is 2. The van der Waals surface area contributed by atoms with Crippen molar-refractivity contribution in [3.8, 4) is 0 Å². The zero-order valence-corrected chi connectivity index (χ0v) is 6.82. The minimum absolute atomic E-state index is 0.361. The Bertz CT molecular complexity index is 326. The number of aromatic nitrogens is 2. The molecule has 0 saturated heterocycles. The lowest BCUT2D eigenvalue weighted by atomic mass is 10.2. The van der Waals surface area contributed by atoms with E-state index in [9.17, 15) is 4.79 Å². The Balaban J connectivity index is 2.43. The van der Waals surface area contributed by atoms with Crippen molar-refractivity contribution in [1.82, 2.24) is 9.78 Å². The molecule has 1 aliphatic rings. The summed E-state index contributed by atoms with van der Waals surface area (Å²) in [7, 11) is 1.75. The summed E-state index contributed by atoms with van der Waals surface area (Å²) in [6, 6.07) is 0. The van der Waals surface area contributed by atoms with Gasteiger partial charge in [-0.25, -0.2) is 4.79 Å². The Hall–Kier alpha value is -1.32. The molecule has 0 aliphatic heterocycles. The van der Waals surface area contributed by atoms with Crippen LogP contribution in [0, 0.1) is 0 Å². The molecule has 2 rings (SSSR count). The largest absolute Gasteiger partial charge is 0.478 e. The van der Waals surface area contributed by atoms with Gasteiger partial charge in [0.1, 0.15) is 5.56 Å². The Labute approximate surface area is 69.8 Å². The van der Waals surface area contributed by atoms with E-state index in [0.717, 1.165) is 18.5 Å². The maximum atomic E-state index is 10.7. The molecule has 1 saturated carbocycles. The van der Waals surface area contributed by atoms with Gasteiger partial charge in [0.05, 0.1) is 5.69 Å². The minimum atomic E-state index is -0.870. The molecule has 1 N–H and O–H groups in total. The van der Waals surface area contributed by atoms with E-state index in [2.05, 4.69) is 5.10 Å². The van der Waals surface area contributed by atoms with Gasteiger partial charge in [-0.2, -0.15) is 5.10 Å². The lowest BCUT2D eigenvalue weighted by molar-refractivity contribution is 0.0695. The monoisotopic (exact) mass is 166 g/mol. The predicted molar refractivity (Wildman–Crippen MR) is 42.1 cm³/mol. The molecule has 12 heavy (non-hydrogen) atoms. The van der Waals surface area contributed by atoms with Crippen molar-refractivity contribution < 1.29 is 9.90 Å². The molecular formula is C8H10N2O2. The van der Waals surface area contributed by atoms with Crippen molar-refractivity contribution >= 4 is 5.97 Å². The minimum Gasteiger partial charge on any atom is -0.478 e. The van der Waals surface area contributed by atoms with Crippen molar-refractivity contribution in [2.24, 2.45) is 7.05 Å². The summed E-state index contributed by atoms with van der Waals surface area (Å²) in [6.45, 7) is 0. The van der Waals surface area contributed by atoms with E-state index in [4.69, 9.17) is 5.11 Å². The number of nitrogens with zero attached hydrogens (tertiary/aromatic N) is 2. The molecule has 0 atom stereocenters. The van der Waals surface area contributed by atoms with E-state index >= 15 is 0 Å². The number of hydrogen-bond donors (Lipinski definition) is 1. The van der Waals surface area contributed by atoms with Crippen LogP contribution in [0.15, 0.2) is 6.20 Å². The maximum absolute atomic E-state index is 10.7. The zero-order chi connectivity index (χ0) is 8.72. The molecule has 4 heteroatoms. The number of carbonyl (C=O) groups is 1. The summed E-state index contributed by atoms with van der Waals surface area (Å²) >= 11 is 0. The van der Waals surface area contributed by atoms with E-state index < -0.39 is 5.97 Å². The third-order valence-corrected chi connectivity index (χ3v) is 2.05.